The number of hydrogen-bond donors (Lipinski definition) is 1. The number of nitrogens with zero attached hydrogens (tertiary/aromatic N) is 2. The van der Waals surface area contributed by atoms with Crippen LogP contribution in [0.15, 0.2) is 33.8 Å². The fraction of sp³-hybridized carbons (Fsp3) is 0.500. The minimum atomic E-state index is -5.00. The van der Waals surface area contributed by atoms with E-state index in [9.17, 15) is 23.1 Å². The van der Waals surface area contributed by atoms with Gasteiger partial charge in [-0.3, -0.25) is 4.79 Å². The molecule has 1 aliphatic heterocycles. The van der Waals surface area contributed by atoms with Gasteiger partial charge in [0.15, 0.2) is 0 Å². The molecule has 1 heterocycles. The number of amides is 1. The Balaban J connectivity index is 2.07. The van der Waals surface area contributed by atoms with Gasteiger partial charge in [0.25, 0.3) is 11.6 Å². The Hall–Kier alpha value is -1.41. The Bertz CT molecular complexity index is 692. The van der Waals surface area contributed by atoms with Gasteiger partial charge in [0.2, 0.25) is 0 Å². The SMILES string of the molecule is O=C(c1ccccc1Br)N1N=C2CCCCC[C@@H]2[C@@]1(O)C(F)(F)F. The second-order valence-electron chi connectivity index (χ2n) is 6.06. The number of hydrogen-bond acceptors (Lipinski definition) is 3. The first-order valence-electron chi connectivity index (χ1n) is 7.72. The van der Waals surface area contributed by atoms with Crippen molar-refractivity contribution < 1.29 is 23.1 Å². The first-order chi connectivity index (χ1) is 11.3. The van der Waals surface area contributed by atoms with Gasteiger partial charge in [-0.2, -0.15) is 23.3 Å². The van der Waals surface area contributed by atoms with Crippen LogP contribution in [0.2, 0.25) is 0 Å². The number of benzene rings is 1. The van der Waals surface area contributed by atoms with Crippen LogP contribution in [-0.2, 0) is 0 Å². The molecule has 8 heteroatoms. The lowest BCUT2D eigenvalue weighted by Gasteiger charge is -2.37. The molecule has 0 saturated heterocycles. The van der Waals surface area contributed by atoms with Gasteiger partial charge in [0, 0.05) is 10.2 Å². The zero-order chi connectivity index (χ0) is 17.5. The van der Waals surface area contributed by atoms with Gasteiger partial charge in [-0.15, -0.1) is 0 Å². The highest BCUT2D eigenvalue weighted by atomic mass is 79.9. The van der Waals surface area contributed by atoms with E-state index in [2.05, 4.69) is 21.0 Å². The summed E-state index contributed by atoms with van der Waals surface area (Å²) in [5.41, 5.74) is -3.01. The summed E-state index contributed by atoms with van der Waals surface area (Å²) < 4.78 is 41.6. The topological polar surface area (TPSA) is 52.9 Å². The molecular formula is C16H16BrF3N2O2. The number of fused-ring (bicyclic) bond motifs is 1. The average molecular weight is 405 g/mol. The van der Waals surface area contributed by atoms with Gasteiger partial charge in [0.05, 0.1) is 11.5 Å². The first kappa shape index (κ1) is 17.4. The van der Waals surface area contributed by atoms with E-state index < -0.39 is 23.7 Å². The van der Waals surface area contributed by atoms with Crippen LogP contribution >= 0.6 is 15.9 Å². The van der Waals surface area contributed by atoms with E-state index in [4.69, 9.17) is 0 Å². The predicted octanol–water partition coefficient (Wildman–Crippen LogP) is 4.09. The van der Waals surface area contributed by atoms with Crippen LogP contribution in [-0.4, -0.2) is 33.6 Å². The van der Waals surface area contributed by atoms with Crippen molar-refractivity contribution in [3.63, 3.8) is 0 Å². The highest BCUT2D eigenvalue weighted by Gasteiger charge is 2.68. The summed E-state index contributed by atoms with van der Waals surface area (Å²) in [6.45, 7) is 0. The van der Waals surface area contributed by atoms with E-state index in [0.29, 0.717) is 23.7 Å². The van der Waals surface area contributed by atoms with Crippen LogP contribution in [0, 0.1) is 5.92 Å². The summed E-state index contributed by atoms with van der Waals surface area (Å²) >= 11 is 3.16. The summed E-state index contributed by atoms with van der Waals surface area (Å²) in [5, 5.41) is 14.7. The van der Waals surface area contributed by atoms with Gasteiger partial charge < -0.3 is 5.11 Å². The van der Waals surface area contributed by atoms with Crippen molar-refractivity contribution in [3.8, 4) is 0 Å². The van der Waals surface area contributed by atoms with Crippen LogP contribution in [0.3, 0.4) is 0 Å². The minimum absolute atomic E-state index is 0.0287. The van der Waals surface area contributed by atoms with E-state index in [1.54, 1.807) is 18.2 Å². The van der Waals surface area contributed by atoms with E-state index in [1.807, 2.05) is 0 Å². The maximum absolute atomic E-state index is 13.7. The molecule has 1 aromatic rings. The lowest BCUT2D eigenvalue weighted by Crippen LogP contribution is -2.61. The van der Waals surface area contributed by atoms with Crippen molar-refractivity contribution in [2.45, 2.75) is 44.0 Å². The number of hydrazone groups is 1. The number of carbonyl (C=O) groups excluding carboxylic acids is 1. The molecule has 1 N–H and O–H groups in total. The van der Waals surface area contributed by atoms with Crippen molar-refractivity contribution in [1.29, 1.82) is 0 Å². The van der Waals surface area contributed by atoms with Crippen LogP contribution in [0.5, 0.6) is 0 Å². The Morgan fingerprint density at radius 2 is 2.00 bits per heavy atom. The van der Waals surface area contributed by atoms with Crippen molar-refractivity contribution >= 4 is 27.5 Å². The monoisotopic (exact) mass is 404 g/mol. The third-order valence-electron chi connectivity index (χ3n) is 4.58. The van der Waals surface area contributed by atoms with E-state index >= 15 is 0 Å². The highest BCUT2D eigenvalue weighted by Crippen LogP contribution is 2.48. The molecule has 1 fully saturated rings. The maximum atomic E-state index is 13.7. The fourth-order valence-electron chi connectivity index (χ4n) is 3.34. The molecule has 1 amide bonds. The smallest absolute Gasteiger partial charge is 0.362 e. The van der Waals surface area contributed by atoms with Crippen LogP contribution < -0.4 is 0 Å². The van der Waals surface area contributed by atoms with E-state index in [1.165, 1.54) is 6.07 Å². The summed E-state index contributed by atoms with van der Waals surface area (Å²) in [6.07, 6.45) is -2.40. The standard InChI is InChI=1S/C16H16BrF3N2O2/c17-12-8-5-4-6-10(12)14(23)22-15(24,16(18,19)20)11-7-2-1-3-9-13(11)21-22/h4-6,8,11,24H,1-3,7,9H2/t11-,15+/m0/s1. The average Bonchev–Trinajstić information content (AvgIpc) is 2.68. The second kappa shape index (κ2) is 6.15. The van der Waals surface area contributed by atoms with E-state index in [-0.39, 0.29) is 22.7 Å². The molecule has 130 valence electrons. The predicted molar refractivity (Wildman–Crippen MR) is 85.3 cm³/mol. The third kappa shape index (κ3) is 2.65. The molecule has 2 atom stereocenters. The molecule has 0 spiro atoms. The quantitative estimate of drug-likeness (QED) is 0.765. The first-order valence-corrected chi connectivity index (χ1v) is 8.51. The third-order valence-corrected chi connectivity index (χ3v) is 5.27. The number of carbonyl (C=O) groups is 1. The van der Waals surface area contributed by atoms with Gasteiger partial charge in [-0.25, -0.2) is 0 Å². The molecule has 3 rings (SSSR count). The zero-order valence-electron chi connectivity index (χ0n) is 12.7. The Kier molecular flexibility index (Phi) is 4.46. The van der Waals surface area contributed by atoms with Gasteiger partial charge in [-0.05, 0) is 47.3 Å². The molecule has 0 bridgehead atoms. The van der Waals surface area contributed by atoms with Gasteiger partial charge in [0.1, 0.15) is 0 Å². The van der Waals surface area contributed by atoms with Gasteiger partial charge in [-0.1, -0.05) is 25.0 Å². The Labute approximate surface area is 145 Å². The second-order valence-corrected chi connectivity index (χ2v) is 6.92. The molecular weight excluding hydrogens is 389 g/mol. The lowest BCUT2D eigenvalue weighted by atomic mass is 9.87. The van der Waals surface area contributed by atoms with Crippen molar-refractivity contribution in [1.82, 2.24) is 5.01 Å². The summed E-state index contributed by atoms with van der Waals surface area (Å²) in [4.78, 5) is 12.7. The number of aliphatic hydroxyl groups is 1. The molecule has 4 nitrogen and oxygen atoms in total. The largest absolute Gasteiger partial charge is 0.439 e. The molecule has 0 radical (unpaired) electrons. The Morgan fingerprint density at radius 3 is 2.67 bits per heavy atom. The minimum Gasteiger partial charge on any atom is -0.362 e. The number of alkyl halides is 3. The van der Waals surface area contributed by atoms with Crippen molar-refractivity contribution in [3.05, 3.63) is 34.3 Å². The van der Waals surface area contributed by atoms with Crippen molar-refractivity contribution in [2.24, 2.45) is 11.0 Å². The number of rotatable bonds is 1. The molecule has 1 saturated carbocycles. The van der Waals surface area contributed by atoms with Crippen LogP contribution in [0.4, 0.5) is 13.2 Å². The summed E-state index contributed by atoms with van der Waals surface area (Å²) in [6, 6.07) is 6.15. The molecule has 1 aliphatic carbocycles. The molecule has 1 aromatic carbocycles. The molecule has 0 unspecified atom stereocenters. The number of halogens is 4. The maximum Gasteiger partial charge on any atom is 0.439 e. The summed E-state index contributed by atoms with van der Waals surface area (Å²) in [5.74, 6) is -2.17. The highest BCUT2D eigenvalue weighted by molar-refractivity contribution is 9.10. The van der Waals surface area contributed by atoms with Crippen LogP contribution in [0.1, 0.15) is 42.5 Å². The Morgan fingerprint density at radius 1 is 1.29 bits per heavy atom. The molecule has 0 aromatic heterocycles. The zero-order valence-corrected chi connectivity index (χ0v) is 14.3. The normalized spacial score (nSPS) is 27.5. The van der Waals surface area contributed by atoms with Crippen LogP contribution in [0.25, 0.3) is 0 Å². The summed E-state index contributed by atoms with van der Waals surface area (Å²) in [7, 11) is 0. The van der Waals surface area contributed by atoms with Crippen molar-refractivity contribution in [2.75, 3.05) is 0 Å². The molecule has 2 aliphatic rings. The fourth-order valence-corrected chi connectivity index (χ4v) is 3.80. The van der Waals surface area contributed by atoms with E-state index in [0.717, 1.165) is 6.42 Å². The molecule has 24 heavy (non-hydrogen) atoms. The lowest BCUT2D eigenvalue weighted by molar-refractivity contribution is -0.312. The van der Waals surface area contributed by atoms with Gasteiger partial charge >= 0.3 is 6.18 Å².